The first-order valence-electron chi connectivity index (χ1n) is 8.35. The van der Waals surface area contributed by atoms with Crippen molar-refractivity contribution >= 4 is 29.3 Å². The normalized spacial score (nSPS) is 12.5. The molecule has 1 aromatic heterocycles. The summed E-state index contributed by atoms with van der Waals surface area (Å²) in [6.45, 7) is 2.37. The summed E-state index contributed by atoms with van der Waals surface area (Å²) in [5.74, 6) is 0.723. The molecule has 0 radical (unpaired) electrons. The molecule has 2 heterocycles. The van der Waals surface area contributed by atoms with E-state index in [-0.39, 0.29) is 18.3 Å². The largest absolute Gasteiger partial charge is 0.497 e. The third-order valence-corrected chi connectivity index (χ3v) is 4.61. The van der Waals surface area contributed by atoms with Gasteiger partial charge in [0.1, 0.15) is 11.3 Å². The SMILES string of the molecule is COc1ccc2c(CC(=O)NCc3ccc4c(c3)CNC4)coc2c1.Cl. The number of benzene rings is 2. The van der Waals surface area contributed by atoms with Crippen LogP contribution in [0.5, 0.6) is 5.75 Å². The first-order chi connectivity index (χ1) is 12.2. The van der Waals surface area contributed by atoms with E-state index in [4.69, 9.17) is 9.15 Å². The van der Waals surface area contributed by atoms with Gasteiger partial charge in [-0.15, -0.1) is 12.4 Å². The molecule has 5 nitrogen and oxygen atoms in total. The fourth-order valence-corrected chi connectivity index (χ4v) is 3.22. The molecule has 3 aromatic rings. The van der Waals surface area contributed by atoms with Crippen LogP contribution in [-0.2, 0) is 30.8 Å². The average Bonchev–Trinajstić information content (AvgIpc) is 3.26. The molecule has 0 spiro atoms. The summed E-state index contributed by atoms with van der Waals surface area (Å²) in [6.07, 6.45) is 1.94. The minimum atomic E-state index is -0.0165. The second kappa shape index (κ2) is 7.81. The third kappa shape index (κ3) is 3.69. The molecular formula is C20H21ClN2O3. The van der Waals surface area contributed by atoms with Crippen LogP contribution in [0.15, 0.2) is 47.1 Å². The Hall–Kier alpha value is -2.50. The van der Waals surface area contributed by atoms with Gasteiger partial charge in [0.2, 0.25) is 5.91 Å². The molecule has 2 N–H and O–H groups in total. The monoisotopic (exact) mass is 372 g/mol. The molecule has 0 atom stereocenters. The third-order valence-electron chi connectivity index (χ3n) is 4.61. The van der Waals surface area contributed by atoms with E-state index in [9.17, 15) is 4.79 Å². The van der Waals surface area contributed by atoms with Crippen molar-refractivity contribution in [2.24, 2.45) is 0 Å². The molecular weight excluding hydrogens is 352 g/mol. The predicted molar refractivity (Wildman–Crippen MR) is 103 cm³/mol. The number of amides is 1. The fourth-order valence-electron chi connectivity index (χ4n) is 3.22. The molecule has 0 fully saturated rings. The van der Waals surface area contributed by atoms with Crippen LogP contribution in [0.25, 0.3) is 11.0 Å². The van der Waals surface area contributed by atoms with Gasteiger partial charge in [-0.2, -0.15) is 0 Å². The lowest BCUT2D eigenvalue weighted by atomic mass is 10.1. The molecule has 2 aromatic carbocycles. The lowest BCUT2D eigenvalue weighted by Crippen LogP contribution is -2.24. The molecule has 1 amide bonds. The quantitative estimate of drug-likeness (QED) is 0.721. The van der Waals surface area contributed by atoms with E-state index in [2.05, 4.69) is 28.8 Å². The van der Waals surface area contributed by atoms with E-state index in [1.807, 2.05) is 18.2 Å². The van der Waals surface area contributed by atoms with Gasteiger partial charge in [0, 0.05) is 36.7 Å². The molecule has 0 unspecified atom stereocenters. The standard InChI is InChI=1S/C20H20N2O3.ClH/c1-24-17-4-5-18-16(12-25-19(18)8-17)7-20(23)22-9-13-2-3-14-10-21-11-15(14)6-13;/h2-6,8,12,21H,7,9-11H2,1H3,(H,22,23);1H. The lowest BCUT2D eigenvalue weighted by molar-refractivity contribution is -0.120. The highest BCUT2D eigenvalue weighted by molar-refractivity contribution is 5.88. The van der Waals surface area contributed by atoms with Crippen molar-refractivity contribution in [2.75, 3.05) is 7.11 Å². The number of methoxy groups -OCH3 is 1. The van der Waals surface area contributed by atoms with Crippen LogP contribution in [0.4, 0.5) is 0 Å². The molecule has 0 saturated carbocycles. The maximum absolute atomic E-state index is 12.3. The summed E-state index contributed by atoms with van der Waals surface area (Å²) in [5.41, 5.74) is 5.40. The minimum absolute atomic E-state index is 0. The van der Waals surface area contributed by atoms with E-state index >= 15 is 0 Å². The highest BCUT2D eigenvalue weighted by Crippen LogP contribution is 2.26. The Morgan fingerprint density at radius 2 is 2.04 bits per heavy atom. The number of hydrogen-bond acceptors (Lipinski definition) is 4. The molecule has 6 heteroatoms. The van der Waals surface area contributed by atoms with Crippen LogP contribution in [0.1, 0.15) is 22.3 Å². The van der Waals surface area contributed by atoms with Crippen LogP contribution >= 0.6 is 12.4 Å². The smallest absolute Gasteiger partial charge is 0.224 e. The van der Waals surface area contributed by atoms with Gasteiger partial charge in [-0.25, -0.2) is 0 Å². The summed E-state index contributed by atoms with van der Waals surface area (Å²) < 4.78 is 10.7. The predicted octanol–water partition coefficient (Wildman–Crippen LogP) is 3.33. The average molecular weight is 373 g/mol. The Morgan fingerprint density at radius 3 is 2.88 bits per heavy atom. The van der Waals surface area contributed by atoms with E-state index < -0.39 is 0 Å². The maximum atomic E-state index is 12.3. The molecule has 1 aliphatic rings. The van der Waals surface area contributed by atoms with Crippen molar-refractivity contribution in [1.29, 1.82) is 0 Å². The van der Waals surface area contributed by atoms with Gasteiger partial charge >= 0.3 is 0 Å². The number of hydrogen-bond donors (Lipinski definition) is 2. The number of nitrogens with one attached hydrogen (secondary N) is 2. The Morgan fingerprint density at radius 1 is 1.19 bits per heavy atom. The van der Waals surface area contributed by atoms with E-state index in [0.29, 0.717) is 13.0 Å². The Bertz CT molecular complexity index is 936. The zero-order chi connectivity index (χ0) is 17.2. The van der Waals surface area contributed by atoms with Gasteiger partial charge in [-0.05, 0) is 28.8 Å². The van der Waals surface area contributed by atoms with Crippen LogP contribution in [0.3, 0.4) is 0 Å². The van der Waals surface area contributed by atoms with Gasteiger partial charge in [0.05, 0.1) is 19.8 Å². The number of ether oxygens (including phenoxy) is 1. The first-order valence-corrected chi connectivity index (χ1v) is 8.35. The van der Waals surface area contributed by atoms with Crippen molar-refractivity contribution in [3.8, 4) is 5.75 Å². The van der Waals surface area contributed by atoms with Crippen LogP contribution < -0.4 is 15.4 Å². The highest BCUT2D eigenvalue weighted by atomic mass is 35.5. The van der Waals surface area contributed by atoms with Crippen LogP contribution in [-0.4, -0.2) is 13.0 Å². The van der Waals surface area contributed by atoms with Crippen LogP contribution in [0, 0.1) is 0 Å². The highest BCUT2D eigenvalue weighted by Gasteiger charge is 2.13. The van der Waals surface area contributed by atoms with Gasteiger partial charge in [-0.1, -0.05) is 18.2 Å². The summed E-state index contributed by atoms with van der Waals surface area (Å²) in [6, 6.07) is 12.0. The number of carbonyl (C=O) groups is 1. The second-order valence-corrected chi connectivity index (χ2v) is 6.28. The zero-order valence-corrected chi connectivity index (χ0v) is 15.3. The lowest BCUT2D eigenvalue weighted by Gasteiger charge is -2.07. The molecule has 136 valence electrons. The number of carbonyl (C=O) groups excluding carboxylic acids is 1. The van der Waals surface area contributed by atoms with Gasteiger partial charge in [-0.3, -0.25) is 4.79 Å². The topological polar surface area (TPSA) is 63.5 Å². The van der Waals surface area contributed by atoms with Crippen LogP contribution in [0.2, 0.25) is 0 Å². The number of halogens is 1. The summed E-state index contributed by atoms with van der Waals surface area (Å²) in [4.78, 5) is 12.3. The Kier molecular flexibility index (Phi) is 5.49. The van der Waals surface area contributed by atoms with E-state index in [1.165, 1.54) is 11.1 Å². The summed E-state index contributed by atoms with van der Waals surface area (Å²) in [5, 5.41) is 7.26. The zero-order valence-electron chi connectivity index (χ0n) is 14.5. The maximum Gasteiger partial charge on any atom is 0.224 e. The number of fused-ring (bicyclic) bond motifs is 2. The van der Waals surface area contributed by atoms with E-state index in [1.54, 1.807) is 13.4 Å². The van der Waals surface area contributed by atoms with Crippen molar-refractivity contribution in [2.45, 2.75) is 26.1 Å². The van der Waals surface area contributed by atoms with Crippen molar-refractivity contribution < 1.29 is 13.9 Å². The van der Waals surface area contributed by atoms with Gasteiger partial charge < -0.3 is 19.8 Å². The number of furan rings is 1. The Balaban J connectivity index is 0.00000196. The van der Waals surface area contributed by atoms with Crippen molar-refractivity contribution in [3.63, 3.8) is 0 Å². The summed E-state index contributed by atoms with van der Waals surface area (Å²) in [7, 11) is 1.62. The van der Waals surface area contributed by atoms with E-state index in [0.717, 1.165) is 40.9 Å². The minimum Gasteiger partial charge on any atom is -0.497 e. The molecule has 0 bridgehead atoms. The molecule has 1 aliphatic heterocycles. The number of rotatable bonds is 5. The molecule has 0 aliphatic carbocycles. The fraction of sp³-hybridized carbons (Fsp3) is 0.250. The summed E-state index contributed by atoms with van der Waals surface area (Å²) >= 11 is 0. The Labute approximate surface area is 158 Å². The second-order valence-electron chi connectivity index (χ2n) is 6.28. The van der Waals surface area contributed by atoms with Gasteiger partial charge in [0.15, 0.2) is 0 Å². The molecule has 26 heavy (non-hydrogen) atoms. The first kappa shape index (κ1) is 18.3. The van der Waals surface area contributed by atoms with Crippen molar-refractivity contribution in [3.05, 3.63) is 64.9 Å². The van der Waals surface area contributed by atoms with Crippen molar-refractivity contribution in [1.82, 2.24) is 10.6 Å². The molecule has 0 saturated heterocycles. The van der Waals surface area contributed by atoms with Gasteiger partial charge in [0.25, 0.3) is 0 Å². The molecule has 4 rings (SSSR count).